The van der Waals surface area contributed by atoms with Crippen LogP contribution in [0.25, 0.3) is 0 Å². The lowest BCUT2D eigenvalue weighted by Gasteiger charge is -2.10. The summed E-state index contributed by atoms with van der Waals surface area (Å²) in [7, 11) is 0. The standard InChI is InChI=1S/C15H16BrF/c1-4-5-9-15(2,3)10-8-12-6-7-13(16)11-14(12)17/h5-7,9,11H,4H2,1-3H3/b9-5-. The highest BCUT2D eigenvalue weighted by molar-refractivity contribution is 9.10. The Morgan fingerprint density at radius 1 is 1.41 bits per heavy atom. The lowest BCUT2D eigenvalue weighted by atomic mass is 9.93. The molecule has 0 amide bonds. The van der Waals surface area contributed by atoms with Gasteiger partial charge in [0.1, 0.15) is 5.82 Å². The van der Waals surface area contributed by atoms with Crippen LogP contribution in [0.2, 0.25) is 0 Å². The first-order chi connectivity index (χ1) is 7.94. The van der Waals surface area contributed by atoms with Crippen LogP contribution in [0.5, 0.6) is 0 Å². The zero-order valence-electron chi connectivity index (χ0n) is 10.3. The fraction of sp³-hybridized carbons (Fsp3) is 0.333. The highest BCUT2D eigenvalue weighted by Gasteiger charge is 2.08. The van der Waals surface area contributed by atoms with E-state index in [1.165, 1.54) is 6.07 Å². The summed E-state index contributed by atoms with van der Waals surface area (Å²) in [5.74, 6) is 5.68. The van der Waals surface area contributed by atoms with E-state index in [4.69, 9.17) is 0 Å². The predicted molar refractivity (Wildman–Crippen MR) is 74.2 cm³/mol. The van der Waals surface area contributed by atoms with Crippen molar-refractivity contribution in [2.75, 3.05) is 0 Å². The van der Waals surface area contributed by atoms with Crippen molar-refractivity contribution in [1.29, 1.82) is 0 Å². The molecule has 1 aromatic rings. The fourth-order valence-electron chi connectivity index (χ4n) is 1.27. The summed E-state index contributed by atoms with van der Waals surface area (Å²) < 4.78 is 14.3. The van der Waals surface area contributed by atoms with Crippen molar-refractivity contribution >= 4 is 15.9 Å². The van der Waals surface area contributed by atoms with Gasteiger partial charge in [-0.15, -0.1) is 0 Å². The molecule has 1 rings (SSSR count). The number of rotatable bonds is 2. The SMILES string of the molecule is CC/C=C\C(C)(C)C#Cc1ccc(Br)cc1F. The first kappa shape index (κ1) is 14.0. The van der Waals surface area contributed by atoms with E-state index in [0.717, 1.165) is 10.9 Å². The third-order valence-corrected chi connectivity index (χ3v) is 2.71. The van der Waals surface area contributed by atoms with E-state index in [1.54, 1.807) is 12.1 Å². The summed E-state index contributed by atoms with van der Waals surface area (Å²) >= 11 is 3.22. The van der Waals surface area contributed by atoms with E-state index in [2.05, 4.69) is 46.8 Å². The van der Waals surface area contributed by atoms with Crippen LogP contribution in [-0.4, -0.2) is 0 Å². The van der Waals surface area contributed by atoms with Gasteiger partial charge in [0.25, 0.3) is 0 Å². The van der Waals surface area contributed by atoms with E-state index >= 15 is 0 Å². The van der Waals surface area contributed by atoms with E-state index in [0.29, 0.717) is 5.56 Å². The lowest BCUT2D eigenvalue weighted by molar-refractivity contribution is 0.622. The molecule has 0 aliphatic carbocycles. The molecule has 0 spiro atoms. The van der Waals surface area contributed by atoms with E-state index < -0.39 is 0 Å². The Balaban J connectivity index is 2.95. The van der Waals surface area contributed by atoms with Gasteiger partial charge in [-0.2, -0.15) is 0 Å². The first-order valence-electron chi connectivity index (χ1n) is 5.60. The van der Waals surface area contributed by atoms with Crippen LogP contribution in [-0.2, 0) is 0 Å². The number of hydrogen-bond donors (Lipinski definition) is 0. The van der Waals surface area contributed by atoms with Crippen molar-refractivity contribution in [2.45, 2.75) is 27.2 Å². The Labute approximate surface area is 111 Å². The molecular formula is C15H16BrF. The van der Waals surface area contributed by atoms with Gasteiger partial charge in [0.2, 0.25) is 0 Å². The molecule has 0 aliphatic heterocycles. The van der Waals surface area contributed by atoms with Crippen LogP contribution in [0.15, 0.2) is 34.8 Å². The van der Waals surface area contributed by atoms with Gasteiger partial charge in [-0.1, -0.05) is 46.8 Å². The molecule has 2 heteroatoms. The molecule has 0 fully saturated rings. The average molecular weight is 295 g/mol. The average Bonchev–Trinajstić information content (AvgIpc) is 2.25. The van der Waals surface area contributed by atoms with Crippen molar-refractivity contribution in [2.24, 2.45) is 5.41 Å². The molecule has 0 aliphatic rings. The van der Waals surface area contributed by atoms with Gasteiger partial charge in [-0.05, 0) is 38.5 Å². The van der Waals surface area contributed by atoms with Crippen LogP contribution in [0.1, 0.15) is 32.8 Å². The lowest BCUT2D eigenvalue weighted by Crippen LogP contribution is -2.03. The Kier molecular flexibility index (Phi) is 4.96. The molecule has 0 N–H and O–H groups in total. The van der Waals surface area contributed by atoms with Gasteiger partial charge in [-0.3, -0.25) is 0 Å². The molecule has 0 unspecified atom stereocenters. The topological polar surface area (TPSA) is 0 Å². The molecule has 0 heterocycles. The molecule has 0 saturated heterocycles. The van der Waals surface area contributed by atoms with Crippen LogP contribution in [0, 0.1) is 23.1 Å². The molecule has 0 bridgehead atoms. The normalized spacial score (nSPS) is 11.4. The second-order valence-corrected chi connectivity index (χ2v) is 5.32. The largest absolute Gasteiger partial charge is 0.206 e. The smallest absolute Gasteiger partial charge is 0.139 e. The predicted octanol–water partition coefficient (Wildman–Crippen LogP) is 4.93. The Morgan fingerprint density at radius 3 is 2.71 bits per heavy atom. The minimum Gasteiger partial charge on any atom is -0.206 e. The monoisotopic (exact) mass is 294 g/mol. The first-order valence-corrected chi connectivity index (χ1v) is 6.40. The van der Waals surface area contributed by atoms with Crippen LogP contribution in [0.4, 0.5) is 4.39 Å². The summed E-state index contributed by atoms with van der Waals surface area (Å²) in [5.41, 5.74) is 0.210. The maximum Gasteiger partial charge on any atom is 0.139 e. The maximum atomic E-state index is 13.5. The quantitative estimate of drug-likeness (QED) is 0.536. The summed E-state index contributed by atoms with van der Waals surface area (Å²) in [5, 5.41) is 0. The molecule has 17 heavy (non-hydrogen) atoms. The molecule has 0 aromatic heterocycles. The number of benzene rings is 1. The van der Waals surface area contributed by atoms with E-state index in [9.17, 15) is 4.39 Å². The van der Waals surface area contributed by atoms with Gasteiger partial charge in [0, 0.05) is 9.89 Å². The Bertz CT molecular complexity index is 475. The van der Waals surface area contributed by atoms with Crippen LogP contribution < -0.4 is 0 Å². The van der Waals surface area contributed by atoms with Gasteiger partial charge in [0.15, 0.2) is 0 Å². The zero-order valence-corrected chi connectivity index (χ0v) is 11.9. The molecule has 0 atom stereocenters. The van der Waals surface area contributed by atoms with Crippen molar-refractivity contribution in [1.82, 2.24) is 0 Å². The molecule has 0 saturated carbocycles. The third kappa shape index (κ3) is 4.75. The van der Waals surface area contributed by atoms with Crippen molar-refractivity contribution in [3.63, 3.8) is 0 Å². The molecular weight excluding hydrogens is 279 g/mol. The summed E-state index contributed by atoms with van der Waals surface area (Å²) in [6.07, 6.45) is 5.11. The second-order valence-electron chi connectivity index (χ2n) is 4.41. The molecule has 1 aromatic carbocycles. The summed E-state index contributed by atoms with van der Waals surface area (Å²) in [6.45, 7) is 6.11. The molecule has 90 valence electrons. The van der Waals surface area contributed by atoms with E-state index in [-0.39, 0.29) is 11.2 Å². The fourth-order valence-corrected chi connectivity index (χ4v) is 1.61. The van der Waals surface area contributed by atoms with Crippen molar-refractivity contribution in [3.8, 4) is 11.8 Å². The van der Waals surface area contributed by atoms with Crippen LogP contribution in [0.3, 0.4) is 0 Å². The summed E-state index contributed by atoms with van der Waals surface area (Å²) in [4.78, 5) is 0. The number of allylic oxidation sites excluding steroid dienone is 2. The summed E-state index contributed by atoms with van der Waals surface area (Å²) in [6, 6.07) is 4.91. The van der Waals surface area contributed by atoms with Gasteiger partial charge < -0.3 is 0 Å². The highest BCUT2D eigenvalue weighted by Crippen LogP contribution is 2.18. The number of hydrogen-bond acceptors (Lipinski definition) is 0. The Morgan fingerprint density at radius 2 is 2.12 bits per heavy atom. The van der Waals surface area contributed by atoms with Crippen LogP contribution >= 0.6 is 15.9 Å². The minimum absolute atomic E-state index is 0.227. The van der Waals surface area contributed by atoms with Crippen molar-refractivity contribution in [3.05, 3.63) is 46.2 Å². The van der Waals surface area contributed by atoms with Crippen molar-refractivity contribution < 1.29 is 4.39 Å². The highest BCUT2D eigenvalue weighted by atomic mass is 79.9. The van der Waals surface area contributed by atoms with Gasteiger partial charge in [-0.25, -0.2) is 4.39 Å². The number of halogens is 2. The zero-order chi connectivity index (χ0) is 12.9. The maximum absolute atomic E-state index is 13.5. The molecule has 0 nitrogen and oxygen atoms in total. The minimum atomic E-state index is -0.290. The Hall–Kier alpha value is -1.07. The van der Waals surface area contributed by atoms with Gasteiger partial charge >= 0.3 is 0 Å². The molecule has 0 radical (unpaired) electrons. The van der Waals surface area contributed by atoms with Gasteiger partial charge in [0.05, 0.1) is 5.56 Å². The second kappa shape index (κ2) is 6.02. The third-order valence-electron chi connectivity index (χ3n) is 2.22. The van der Waals surface area contributed by atoms with E-state index in [1.807, 2.05) is 13.8 Å².